The van der Waals surface area contributed by atoms with Crippen molar-refractivity contribution in [2.24, 2.45) is 0 Å². The number of ether oxygens (including phenoxy) is 2. The predicted octanol–water partition coefficient (Wildman–Crippen LogP) is 10.8. The minimum absolute atomic E-state index is 0. The van der Waals surface area contributed by atoms with Gasteiger partial charge in [0.1, 0.15) is 11.5 Å². The molecule has 0 saturated carbocycles. The number of methoxy groups -OCH3 is 2. The maximum absolute atomic E-state index is 5.88. The van der Waals surface area contributed by atoms with Crippen molar-refractivity contribution in [2.45, 2.75) is 12.8 Å². The van der Waals surface area contributed by atoms with Gasteiger partial charge < -0.3 is 35.4 Å². The number of halogens is 8. The highest BCUT2D eigenvalue weighted by Crippen LogP contribution is 2.34. The summed E-state index contributed by atoms with van der Waals surface area (Å²) in [5, 5.41) is 11.7. The SMILES string of the molecule is COc1ccc2nc3ccccc3c(NCCCN(CCCl)CCCl)c2c1.COc1ccc2nc3ccccc3c(NCCCN(CCCl)CCCl)c2c1.Cl.Cl.Cl.Cl.O. The Bertz CT molecular complexity index is 1930. The van der Waals surface area contributed by atoms with Gasteiger partial charge in [-0.1, -0.05) is 36.4 Å². The molecule has 0 aliphatic rings. The molecule has 0 fully saturated rings. The van der Waals surface area contributed by atoms with Crippen LogP contribution in [0.1, 0.15) is 12.8 Å². The van der Waals surface area contributed by atoms with Gasteiger partial charge in [0.2, 0.25) is 0 Å². The first-order valence-corrected chi connectivity index (χ1v) is 20.6. The van der Waals surface area contributed by atoms with E-state index in [2.05, 4.69) is 32.6 Å². The molecule has 2 heterocycles. The molecule has 328 valence electrons. The average molecular weight is 977 g/mol. The number of hydrogen-bond donors (Lipinski definition) is 2. The van der Waals surface area contributed by atoms with E-state index in [1.807, 2.05) is 72.8 Å². The molecule has 0 saturated heterocycles. The Morgan fingerprint density at radius 1 is 0.475 bits per heavy atom. The summed E-state index contributed by atoms with van der Waals surface area (Å²) in [5.41, 5.74) is 6.12. The standard InChI is InChI=1S/2C21H25Cl2N3O.4ClH.H2O/c2*1-27-16-7-8-20-18(15-16)21(17-5-2-3-6-19(17)25-20)24-11-4-12-26(13-9-22)14-10-23;;;;;/h2*2-3,5-8,15H,4,9-14H2,1H3,(H,24,25);4*1H;1H2. The van der Waals surface area contributed by atoms with Crippen LogP contribution in [0.5, 0.6) is 11.5 Å². The van der Waals surface area contributed by atoms with Gasteiger partial charge in [0.25, 0.3) is 0 Å². The molecule has 0 aliphatic heterocycles. The van der Waals surface area contributed by atoms with Crippen molar-refractivity contribution < 1.29 is 14.9 Å². The number of pyridine rings is 2. The van der Waals surface area contributed by atoms with E-state index in [0.717, 1.165) is 132 Å². The molecule has 0 aliphatic carbocycles. The van der Waals surface area contributed by atoms with Crippen LogP contribution >= 0.6 is 96.0 Å². The maximum Gasteiger partial charge on any atom is 0.119 e. The van der Waals surface area contributed by atoms with E-state index in [1.165, 1.54) is 0 Å². The molecule has 0 amide bonds. The van der Waals surface area contributed by atoms with E-state index in [1.54, 1.807) is 14.2 Å². The Hall–Kier alpha value is -2.38. The zero-order chi connectivity index (χ0) is 38.1. The van der Waals surface area contributed by atoms with Crippen molar-refractivity contribution in [3.8, 4) is 11.5 Å². The monoisotopic (exact) mass is 972 g/mol. The molecule has 4 aromatic carbocycles. The molecular formula is C42H56Cl8N6O3. The summed E-state index contributed by atoms with van der Waals surface area (Å²) >= 11 is 23.5. The van der Waals surface area contributed by atoms with Crippen molar-refractivity contribution in [1.29, 1.82) is 0 Å². The first-order valence-electron chi connectivity index (χ1n) is 18.4. The quantitative estimate of drug-likeness (QED) is 0.0443. The summed E-state index contributed by atoms with van der Waals surface area (Å²) in [6.07, 6.45) is 2.02. The fraction of sp³-hybridized carbons (Fsp3) is 0.381. The number of anilines is 2. The fourth-order valence-electron chi connectivity index (χ4n) is 6.56. The lowest BCUT2D eigenvalue weighted by molar-refractivity contribution is 0.306. The Balaban J connectivity index is 0.00000105. The van der Waals surface area contributed by atoms with Crippen LogP contribution in [0.15, 0.2) is 84.9 Å². The van der Waals surface area contributed by atoms with Crippen molar-refractivity contribution in [3.63, 3.8) is 0 Å². The van der Waals surface area contributed by atoms with Gasteiger partial charge in [0.05, 0.1) is 47.7 Å². The minimum Gasteiger partial charge on any atom is -0.497 e. The lowest BCUT2D eigenvalue weighted by Gasteiger charge is -2.20. The first kappa shape index (κ1) is 56.6. The molecule has 4 N–H and O–H groups in total. The van der Waals surface area contributed by atoms with Gasteiger partial charge in [-0.3, -0.25) is 0 Å². The van der Waals surface area contributed by atoms with Crippen LogP contribution in [0, 0.1) is 0 Å². The van der Waals surface area contributed by atoms with Crippen LogP contribution in [0.25, 0.3) is 43.6 Å². The van der Waals surface area contributed by atoms with Crippen LogP contribution in [-0.2, 0) is 0 Å². The van der Waals surface area contributed by atoms with Gasteiger partial charge in [-0.15, -0.1) is 96.0 Å². The number of aromatic nitrogens is 2. The molecule has 0 bridgehead atoms. The van der Waals surface area contributed by atoms with Crippen molar-refractivity contribution in [1.82, 2.24) is 19.8 Å². The van der Waals surface area contributed by atoms with Gasteiger partial charge >= 0.3 is 0 Å². The second-order valence-corrected chi connectivity index (χ2v) is 14.3. The molecule has 2 aromatic heterocycles. The third-order valence-electron chi connectivity index (χ3n) is 9.28. The highest BCUT2D eigenvalue weighted by Gasteiger charge is 2.12. The Morgan fingerprint density at radius 2 is 0.814 bits per heavy atom. The fourth-order valence-corrected chi connectivity index (χ4v) is 7.51. The van der Waals surface area contributed by atoms with E-state index >= 15 is 0 Å². The Kier molecular flexibility index (Phi) is 29.4. The molecule has 59 heavy (non-hydrogen) atoms. The zero-order valence-corrected chi connectivity index (χ0v) is 39.5. The van der Waals surface area contributed by atoms with Crippen LogP contribution in [0.2, 0.25) is 0 Å². The number of para-hydroxylation sites is 2. The van der Waals surface area contributed by atoms with Gasteiger partial charge in [0, 0.05) is 84.3 Å². The van der Waals surface area contributed by atoms with E-state index in [0.29, 0.717) is 23.5 Å². The molecule has 0 radical (unpaired) electrons. The normalized spacial score (nSPS) is 10.4. The smallest absolute Gasteiger partial charge is 0.119 e. The van der Waals surface area contributed by atoms with Crippen LogP contribution in [-0.4, -0.2) is 115 Å². The van der Waals surface area contributed by atoms with Crippen LogP contribution in [0.4, 0.5) is 11.4 Å². The second-order valence-electron chi connectivity index (χ2n) is 12.8. The summed E-state index contributed by atoms with van der Waals surface area (Å²) < 4.78 is 10.8. The molecule has 0 atom stereocenters. The van der Waals surface area contributed by atoms with E-state index in [-0.39, 0.29) is 55.1 Å². The highest BCUT2D eigenvalue weighted by molar-refractivity contribution is 6.19. The number of nitrogens with one attached hydrogen (secondary N) is 2. The predicted molar refractivity (Wildman–Crippen MR) is 266 cm³/mol. The van der Waals surface area contributed by atoms with Crippen molar-refractivity contribution >= 4 is 151 Å². The van der Waals surface area contributed by atoms with Gasteiger partial charge in [-0.05, 0) is 74.5 Å². The summed E-state index contributed by atoms with van der Waals surface area (Å²) in [4.78, 5) is 14.2. The van der Waals surface area contributed by atoms with Gasteiger partial charge in [-0.25, -0.2) is 9.97 Å². The van der Waals surface area contributed by atoms with Gasteiger partial charge in [-0.2, -0.15) is 0 Å². The Labute approximate surface area is 393 Å². The number of fused-ring (bicyclic) bond motifs is 4. The lowest BCUT2D eigenvalue weighted by Crippen LogP contribution is -2.30. The third kappa shape index (κ3) is 16.1. The van der Waals surface area contributed by atoms with E-state index in [4.69, 9.17) is 65.8 Å². The van der Waals surface area contributed by atoms with Crippen molar-refractivity contribution in [2.75, 3.05) is 101 Å². The number of benzene rings is 4. The molecule has 9 nitrogen and oxygen atoms in total. The molecule has 0 spiro atoms. The summed E-state index contributed by atoms with van der Waals surface area (Å²) in [5.74, 6) is 4.18. The average Bonchev–Trinajstić information content (AvgIpc) is 3.20. The topological polar surface area (TPSA) is 106 Å². The molecular weight excluding hydrogens is 920 g/mol. The molecule has 0 unspecified atom stereocenters. The molecule has 6 aromatic rings. The highest BCUT2D eigenvalue weighted by atomic mass is 35.5. The van der Waals surface area contributed by atoms with Crippen molar-refractivity contribution in [3.05, 3.63) is 84.9 Å². The van der Waals surface area contributed by atoms with Crippen LogP contribution < -0.4 is 20.1 Å². The first-order chi connectivity index (χ1) is 26.5. The number of rotatable bonds is 20. The number of alkyl halides is 4. The van der Waals surface area contributed by atoms with Crippen LogP contribution in [0.3, 0.4) is 0 Å². The van der Waals surface area contributed by atoms with E-state index in [9.17, 15) is 0 Å². The molecule has 6 rings (SSSR count). The lowest BCUT2D eigenvalue weighted by atomic mass is 10.1. The van der Waals surface area contributed by atoms with E-state index < -0.39 is 0 Å². The zero-order valence-electron chi connectivity index (χ0n) is 33.2. The van der Waals surface area contributed by atoms with Gasteiger partial charge in [0.15, 0.2) is 0 Å². The summed E-state index contributed by atoms with van der Waals surface area (Å²) in [6.45, 7) is 7.13. The maximum atomic E-state index is 5.88. The minimum atomic E-state index is 0. The number of nitrogens with zero attached hydrogens (tertiary/aromatic N) is 4. The third-order valence-corrected chi connectivity index (χ3v) is 9.96. The number of hydrogen-bond acceptors (Lipinski definition) is 8. The summed E-state index contributed by atoms with van der Waals surface area (Å²) in [7, 11) is 3.37. The molecule has 17 heteroatoms. The Morgan fingerprint density at radius 3 is 1.15 bits per heavy atom. The largest absolute Gasteiger partial charge is 0.497 e. The summed E-state index contributed by atoms with van der Waals surface area (Å²) in [6, 6.07) is 28.4. The second kappa shape index (κ2) is 30.6.